The van der Waals surface area contributed by atoms with Crippen molar-refractivity contribution in [1.29, 1.82) is 0 Å². The zero-order chi connectivity index (χ0) is 14.0. The van der Waals surface area contributed by atoms with Crippen LogP contribution in [0, 0.1) is 5.82 Å². The van der Waals surface area contributed by atoms with Gasteiger partial charge >= 0.3 is 5.97 Å². The van der Waals surface area contributed by atoms with E-state index in [1.165, 1.54) is 19.2 Å². The molecule has 0 fully saturated rings. The Morgan fingerprint density at radius 2 is 2.00 bits per heavy atom. The lowest BCUT2D eigenvalue weighted by Crippen LogP contribution is -2.11. The predicted molar refractivity (Wildman–Crippen MR) is 71.6 cm³/mol. The van der Waals surface area contributed by atoms with Gasteiger partial charge in [-0.25, -0.2) is 9.18 Å². The topological polar surface area (TPSA) is 31.2 Å². The highest BCUT2D eigenvalue weighted by Crippen LogP contribution is 2.25. The first-order chi connectivity index (χ1) is 9.02. The molecule has 1 aromatic heterocycles. The number of hydrogen-bond acceptors (Lipinski definition) is 2. The maximum atomic E-state index is 13.2. The van der Waals surface area contributed by atoms with Gasteiger partial charge in [-0.3, -0.25) is 0 Å². The van der Waals surface area contributed by atoms with Crippen LogP contribution in [0.4, 0.5) is 4.39 Å². The molecule has 0 N–H and O–H groups in total. The number of ether oxygens (including phenoxy) is 1. The van der Waals surface area contributed by atoms with Crippen LogP contribution in [-0.4, -0.2) is 17.6 Å². The van der Waals surface area contributed by atoms with Crippen molar-refractivity contribution in [3.63, 3.8) is 0 Å². The number of carbonyl (C=O) groups excluding carboxylic acids is 1. The molecule has 2 aromatic rings. The molecular weight excluding hydrogens is 245 g/mol. The van der Waals surface area contributed by atoms with Crippen LogP contribution < -0.4 is 0 Å². The Morgan fingerprint density at radius 3 is 2.58 bits per heavy atom. The van der Waals surface area contributed by atoms with Gasteiger partial charge in [0.25, 0.3) is 0 Å². The number of aromatic nitrogens is 1. The molecule has 1 heterocycles. The average molecular weight is 261 g/mol. The quantitative estimate of drug-likeness (QED) is 0.789. The van der Waals surface area contributed by atoms with Gasteiger partial charge in [0.05, 0.1) is 7.11 Å². The third kappa shape index (κ3) is 2.67. The van der Waals surface area contributed by atoms with E-state index in [1.54, 1.807) is 12.1 Å². The summed E-state index contributed by atoms with van der Waals surface area (Å²) in [5.41, 5.74) is 2.01. The maximum absolute atomic E-state index is 13.2. The van der Waals surface area contributed by atoms with E-state index in [9.17, 15) is 9.18 Å². The minimum absolute atomic E-state index is 0.122. The molecule has 0 aliphatic carbocycles. The van der Waals surface area contributed by atoms with E-state index in [1.807, 2.05) is 30.7 Å². The molecule has 0 amide bonds. The van der Waals surface area contributed by atoms with E-state index in [4.69, 9.17) is 4.74 Å². The highest BCUT2D eigenvalue weighted by Gasteiger charge is 2.16. The Morgan fingerprint density at radius 1 is 1.26 bits per heavy atom. The van der Waals surface area contributed by atoms with Gasteiger partial charge in [-0.05, 0) is 37.6 Å². The molecule has 0 saturated heterocycles. The van der Waals surface area contributed by atoms with Crippen LogP contribution in [0.25, 0.3) is 11.1 Å². The lowest BCUT2D eigenvalue weighted by atomic mass is 10.1. The standard InChI is InChI=1S/C15H16FNO2/c1-10(2)17-9-12(8-14(17)15(18)19-3)11-5-4-6-13(16)7-11/h4-10H,1-3H3. The summed E-state index contributed by atoms with van der Waals surface area (Å²) in [6.07, 6.45) is 1.84. The van der Waals surface area contributed by atoms with Crippen molar-refractivity contribution in [2.24, 2.45) is 0 Å². The molecule has 0 aliphatic heterocycles. The van der Waals surface area contributed by atoms with E-state index in [0.29, 0.717) is 5.69 Å². The summed E-state index contributed by atoms with van der Waals surface area (Å²) in [7, 11) is 1.35. The fourth-order valence-corrected chi connectivity index (χ4v) is 2.00. The van der Waals surface area contributed by atoms with Crippen LogP contribution >= 0.6 is 0 Å². The van der Waals surface area contributed by atoms with Crippen LogP contribution in [0.3, 0.4) is 0 Å². The first-order valence-corrected chi connectivity index (χ1v) is 6.09. The van der Waals surface area contributed by atoms with Crippen LogP contribution in [0.1, 0.15) is 30.4 Å². The molecule has 0 unspecified atom stereocenters. The SMILES string of the molecule is COC(=O)c1cc(-c2cccc(F)c2)cn1C(C)C. The highest BCUT2D eigenvalue weighted by molar-refractivity contribution is 5.89. The second kappa shape index (κ2) is 5.26. The second-order valence-electron chi connectivity index (χ2n) is 4.62. The summed E-state index contributed by atoms with van der Waals surface area (Å²) >= 11 is 0. The van der Waals surface area contributed by atoms with Crippen molar-refractivity contribution in [1.82, 2.24) is 4.57 Å². The van der Waals surface area contributed by atoms with Gasteiger partial charge < -0.3 is 9.30 Å². The number of rotatable bonds is 3. The Labute approximate surface area is 111 Å². The molecule has 2 rings (SSSR count). The lowest BCUT2D eigenvalue weighted by Gasteiger charge is -2.10. The van der Waals surface area contributed by atoms with E-state index in [0.717, 1.165) is 11.1 Å². The van der Waals surface area contributed by atoms with Gasteiger partial charge in [0.15, 0.2) is 0 Å². The van der Waals surface area contributed by atoms with Gasteiger partial charge in [0.1, 0.15) is 11.5 Å². The van der Waals surface area contributed by atoms with Gasteiger partial charge in [0, 0.05) is 17.8 Å². The molecule has 19 heavy (non-hydrogen) atoms. The minimum atomic E-state index is -0.392. The average Bonchev–Trinajstić information content (AvgIpc) is 2.83. The maximum Gasteiger partial charge on any atom is 0.354 e. The molecule has 0 saturated carbocycles. The monoisotopic (exact) mass is 261 g/mol. The number of esters is 1. The number of carbonyl (C=O) groups is 1. The molecule has 100 valence electrons. The third-order valence-electron chi connectivity index (χ3n) is 2.96. The fourth-order valence-electron chi connectivity index (χ4n) is 2.00. The smallest absolute Gasteiger partial charge is 0.354 e. The van der Waals surface area contributed by atoms with Crippen LogP contribution in [0.15, 0.2) is 36.5 Å². The zero-order valence-corrected chi connectivity index (χ0v) is 11.2. The van der Waals surface area contributed by atoms with Crippen LogP contribution in [0.5, 0.6) is 0 Å². The summed E-state index contributed by atoms with van der Waals surface area (Å²) in [4.78, 5) is 11.7. The molecule has 3 nitrogen and oxygen atoms in total. The van der Waals surface area contributed by atoms with Crippen LogP contribution in [0.2, 0.25) is 0 Å². The molecular formula is C15H16FNO2. The second-order valence-corrected chi connectivity index (χ2v) is 4.62. The number of hydrogen-bond donors (Lipinski definition) is 0. The van der Waals surface area contributed by atoms with Gasteiger partial charge in [0.2, 0.25) is 0 Å². The largest absolute Gasteiger partial charge is 0.464 e. The van der Waals surface area contributed by atoms with Crippen LogP contribution in [-0.2, 0) is 4.74 Å². The predicted octanol–water partition coefficient (Wildman–Crippen LogP) is 3.66. The van der Waals surface area contributed by atoms with Gasteiger partial charge in [-0.15, -0.1) is 0 Å². The van der Waals surface area contributed by atoms with Crippen molar-refractivity contribution >= 4 is 5.97 Å². The van der Waals surface area contributed by atoms with Crippen molar-refractivity contribution < 1.29 is 13.9 Å². The molecule has 0 bridgehead atoms. The van der Waals surface area contributed by atoms with Crippen molar-refractivity contribution in [3.05, 3.63) is 48.0 Å². The Bertz CT molecular complexity index is 602. The molecule has 1 aromatic carbocycles. The number of nitrogens with zero attached hydrogens (tertiary/aromatic N) is 1. The lowest BCUT2D eigenvalue weighted by molar-refractivity contribution is 0.0587. The third-order valence-corrected chi connectivity index (χ3v) is 2.96. The van der Waals surface area contributed by atoms with E-state index >= 15 is 0 Å². The Kier molecular flexibility index (Phi) is 3.69. The summed E-state index contributed by atoms with van der Waals surface area (Å²) in [6.45, 7) is 3.95. The fraction of sp³-hybridized carbons (Fsp3) is 0.267. The molecule has 0 radical (unpaired) electrons. The summed E-state index contributed by atoms with van der Waals surface area (Å²) in [5, 5.41) is 0. The normalized spacial score (nSPS) is 10.8. The Hall–Kier alpha value is -2.10. The molecule has 0 aliphatic rings. The number of methoxy groups -OCH3 is 1. The van der Waals surface area contributed by atoms with Gasteiger partial charge in [-0.1, -0.05) is 12.1 Å². The molecule has 4 heteroatoms. The Balaban J connectivity index is 2.51. The summed E-state index contributed by atoms with van der Waals surface area (Å²) < 4.78 is 19.8. The number of halogens is 1. The number of benzene rings is 1. The van der Waals surface area contributed by atoms with E-state index in [-0.39, 0.29) is 11.9 Å². The van der Waals surface area contributed by atoms with Crippen molar-refractivity contribution in [2.45, 2.75) is 19.9 Å². The summed E-state index contributed by atoms with van der Waals surface area (Å²) in [6, 6.07) is 8.14. The minimum Gasteiger partial charge on any atom is -0.464 e. The molecule has 0 atom stereocenters. The highest BCUT2D eigenvalue weighted by atomic mass is 19.1. The van der Waals surface area contributed by atoms with Crippen molar-refractivity contribution in [2.75, 3.05) is 7.11 Å². The molecule has 0 spiro atoms. The first kappa shape index (κ1) is 13.3. The first-order valence-electron chi connectivity index (χ1n) is 6.09. The van der Waals surface area contributed by atoms with Gasteiger partial charge in [-0.2, -0.15) is 0 Å². The van der Waals surface area contributed by atoms with Crippen molar-refractivity contribution in [3.8, 4) is 11.1 Å². The van der Waals surface area contributed by atoms with E-state index < -0.39 is 5.97 Å². The van der Waals surface area contributed by atoms with E-state index in [2.05, 4.69) is 0 Å². The zero-order valence-electron chi connectivity index (χ0n) is 11.2. The summed E-state index contributed by atoms with van der Waals surface area (Å²) in [5.74, 6) is -0.689.